The fourth-order valence-electron chi connectivity index (χ4n) is 4.67. The van der Waals surface area contributed by atoms with Crippen molar-refractivity contribution in [2.24, 2.45) is 10.9 Å². The van der Waals surface area contributed by atoms with Crippen LogP contribution in [0.1, 0.15) is 36.5 Å². The number of hydrogen-bond acceptors (Lipinski definition) is 5. The zero-order chi connectivity index (χ0) is 24.4. The normalized spacial score (nSPS) is 20.1. The van der Waals surface area contributed by atoms with E-state index >= 15 is 4.39 Å². The number of benzene rings is 2. The van der Waals surface area contributed by atoms with E-state index in [1.54, 1.807) is 13.1 Å². The molecule has 1 N–H and O–H groups in total. The lowest BCUT2D eigenvalue weighted by Gasteiger charge is -2.36. The van der Waals surface area contributed by atoms with Crippen molar-refractivity contribution >= 4 is 17.3 Å². The molecule has 2 aromatic rings. The number of nitrogens with zero attached hydrogens (tertiary/aromatic N) is 2. The van der Waals surface area contributed by atoms with Gasteiger partial charge in [0.15, 0.2) is 17.3 Å². The summed E-state index contributed by atoms with van der Waals surface area (Å²) >= 11 is 0. The van der Waals surface area contributed by atoms with Crippen molar-refractivity contribution in [1.82, 2.24) is 5.32 Å². The quantitative estimate of drug-likeness (QED) is 0.665. The third kappa shape index (κ3) is 4.58. The number of alkyl halides is 1. The Hall–Kier alpha value is -3.16. The van der Waals surface area contributed by atoms with Gasteiger partial charge in [-0.05, 0) is 37.0 Å². The van der Waals surface area contributed by atoms with Crippen molar-refractivity contribution in [3.63, 3.8) is 0 Å². The maximum Gasteiger partial charge on any atom is 0.219 e. The fourth-order valence-corrected chi connectivity index (χ4v) is 4.67. The van der Waals surface area contributed by atoms with Gasteiger partial charge in [0.2, 0.25) is 5.91 Å². The van der Waals surface area contributed by atoms with Crippen LogP contribution in [0.25, 0.3) is 0 Å². The monoisotopic (exact) mass is 471 g/mol. The van der Waals surface area contributed by atoms with E-state index in [1.165, 1.54) is 14.2 Å². The molecule has 1 amide bonds. The van der Waals surface area contributed by atoms with Crippen LogP contribution in [0.4, 0.5) is 14.5 Å². The molecule has 2 atom stereocenters. The summed E-state index contributed by atoms with van der Waals surface area (Å²) in [6, 6.07) is 9.36. The second-order valence-corrected chi connectivity index (χ2v) is 8.94. The molecule has 6 nitrogen and oxygen atoms in total. The predicted molar refractivity (Wildman–Crippen MR) is 129 cm³/mol. The highest BCUT2D eigenvalue weighted by Gasteiger charge is 2.31. The Kier molecular flexibility index (Phi) is 7.05. The minimum Gasteiger partial charge on any atom is -0.493 e. The number of ether oxygens (including phenoxy) is 2. The van der Waals surface area contributed by atoms with Crippen molar-refractivity contribution in [1.29, 1.82) is 0 Å². The van der Waals surface area contributed by atoms with Gasteiger partial charge in [-0.3, -0.25) is 9.79 Å². The van der Waals surface area contributed by atoms with Gasteiger partial charge in [0.25, 0.3) is 0 Å². The smallest absolute Gasteiger partial charge is 0.219 e. The Morgan fingerprint density at radius 1 is 1.21 bits per heavy atom. The molecule has 0 bridgehead atoms. The van der Waals surface area contributed by atoms with Gasteiger partial charge in [-0.2, -0.15) is 0 Å². The van der Waals surface area contributed by atoms with Crippen molar-refractivity contribution in [2.45, 2.75) is 38.4 Å². The maximum absolute atomic E-state index is 15.6. The van der Waals surface area contributed by atoms with Gasteiger partial charge in [-0.25, -0.2) is 8.78 Å². The average molecular weight is 472 g/mol. The highest BCUT2D eigenvalue weighted by molar-refractivity contribution is 6.14. The van der Waals surface area contributed by atoms with E-state index < -0.39 is 12.0 Å². The zero-order valence-electron chi connectivity index (χ0n) is 20.0. The van der Waals surface area contributed by atoms with Gasteiger partial charge in [0.05, 0.1) is 39.1 Å². The molecule has 34 heavy (non-hydrogen) atoms. The second kappa shape index (κ2) is 9.99. The van der Waals surface area contributed by atoms with Crippen LogP contribution >= 0.6 is 0 Å². The SMILES string of the molecule is CNC(=O)CCC1N=C(c2ccc(N3CC(F)C3)cc2)c2cc(OC)c(OC)c(F)c2CC1C. The average Bonchev–Trinajstić information content (AvgIpc) is 2.96. The van der Waals surface area contributed by atoms with Crippen LogP contribution in [-0.2, 0) is 11.2 Å². The lowest BCUT2D eigenvalue weighted by molar-refractivity contribution is -0.120. The van der Waals surface area contributed by atoms with Crippen LogP contribution in [-0.4, -0.2) is 58.2 Å². The molecule has 2 aliphatic heterocycles. The molecule has 182 valence electrons. The van der Waals surface area contributed by atoms with E-state index in [4.69, 9.17) is 14.5 Å². The molecule has 2 unspecified atom stereocenters. The summed E-state index contributed by atoms with van der Waals surface area (Å²) in [4.78, 5) is 19.0. The molecule has 0 spiro atoms. The zero-order valence-corrected chi connectivity index (χ0v) is 20.0. The van der Waals surface area contributed by atoms with E-state index in [0.717, 1.165) is 11.3 Å². The number of amides is 1. The molecule has 2 heterocycles. The first kappa shape index (κ1) is 24.0. The number of carbonyl (C=O) groups excluding carboxylic acids is 1. The minimum atomic E-state index is -0.786. The summed E-state index contributed by atoms with van der Waals surface area (Å²) < 4.78 is 39.7. The molecule has 1 fully saturated rings. The molecule has 4 rings (SSSR count). The van der Waals surface area contributed by atoms with Crippen molar-refractivity contribution in [3.05, 3.63) is 52.8 Å². The van der Waals surface area contributed by atoms with Crippen LogP contribution in [0, 0.1) is 11.7 Å². The summed E-state index contributed by atoms with van der Waals surface area (Å²) in [7, 11) is 4.51. The third-order valence-electron chi connectivity index (χ3n) is 6.73. The van der Waals surface area contributed by atoms with Gasteiger partial charge < -0.3 is 19.7 Å². The number of fused-ring (bicyclic) bond motifs is 1. The van der Waals surface area contributed by atoms with Gasteiger partial charge in [-0.1, -0.05) is 19.1 Å². The second-order valence-electron chi connectivity index (χ2n) is 8.94. The highest BCUT2D eigenvalue weighted by Crippen LogP contribution is 2.39. The number of anilines is 1. The summed E-state index contributed by atoms with van der Waals surface area (Å²) in [5.41, 5.74) is 3.60. The standard InChI is InChI=1S/C26H31F2N3O3/c1-15-11-19-20(12-22(33-3)26(34-4)24(19)28)25(30-21(15)9-10-23(32)29-2)16-5-7-18(8-6-16)31-13-17(27)14-31/h5-8,12,15,17,21H,9-11,13-14H2,1-4H3,(H,29,32). The van der Waals surface area contributed by atoms with Crippen LogP contribution < -0.4 is 19.7 Å². The molecule has 2 aromatic carbocycles. The van der Waals surface area contributed by atoms with Crippen molar-refractivity contribution in [3.8, 4) is 11.5 Å². The summed E-state index contributed by atoms with van der Waals surface area (Å²) in [6.07, 6.45) is 0.562. The Morgan fingerprint density at radius 3 is 2.50 bits per heavy atom. The first-order valence-electron chi connectivity index (χ1n) is 11.6. The fraction of sp³-hybridized carbons (Fsp3) is 0.462. The Morgan fingerprint density at radius 2 is 1.91 bits per heavy atom. The van der Waals surface area contributed by atoms with Gasteiger partial charge in [0, 0.05) is 35.8 Å². The van der Waals surface area contributed by atoms with E-state index in [-0.39, 0.29) is 23.6 Å². The first-order chi connectivity index (χ1) is 16.4. The summed E-state index contributed by atoms with van der Waals surface area (Å²) in [5.74, 6) is -0.116. The molecule has 1 saturated heterocycles. The summed E-state index contributed by atoms with van der Waals surface area (Å²) in [5, 5.41) is 2.65. The van der Waals surface area contributed by atoms with Gasteiger partial charge in [-0.15, -0.1) is 0 Å². The predicted octanol–water partition coefficient (Wildman–Crippen LogP) is 3.93. The molecule has 0 saturated carbocycles. The van der Waals surface area contributed by atoms with E-state index in [2.05, 4.69) is 5.32 Å². The molecule has 8 heteroatoms. The number of methoxy groups -OCH3 is 2. The Labute approximate surface area is 199 Å². The molecule has 0 aliphatic carbocycles. The Balaban J connectivity index is 1.79. The highest BCUT2D eigenvalue weighted by atomic mass is 19.1. The molecular weight excluding hydrogens is 440 g/mol. The van der Waals surface area contributed by atoms with Gasteiger partial charge in [0.1, 0.15) is 6.17 Å². The van der Waals surface area contributed by atoms with Crippen LogP contribution in [0.5, 0.6) is 11.5 Å². The Bertz CT molecular complexity index is 1080. The third-order valence-corrected chi connectivity index (χ3v) is 6.73. The number of hydrogen-bond donors (Lipinski definition) is 1. The molecule has 0 radical (unpaired) electrons. The first-order valence-corrected chi connectivity index (χ1v) is 11.6. The van der Waals surface area contributed by atoms with Crippen molar-refractivity contribution < 1.29 is 23.0 Å². The van der Waals surface area contributed by atoms with Crippen molar-refractivity contribution in [2.75, 3.05) is 39.3 Å². The van der Waals surface area contributed by atoms with Crippen LogP contribution in [0.3, 0.4) is 0 Å². The van der Waals surface area contributed by atoms with E-state index in [1.807, 2.05) is 36.1 Å². The minimum absolute atomic E-state index is 0.00959. The van der Waals surface area contributed by atoms with Gasteiger partial charge >= 0.3 is 0 Å². The lowest BCUT2D eigenvalue weighted by Crippen LogP contribution is -2.48. The number of aliphatic imine (C=N–C) groups is 1. The maximum atomic E-state index is 15.6. The van der Waals surface area contributed by atoms with E-state index in [9.17, 15) is 9.18 Å². The largest absolute Gasteiger partial charge is 0.493 e. The molecular formula is C26H31F2N3O3. The van der Waals surface area contributed by atoms with Crippen LogP contribution in [0.2, 0.25) is 0 Å². The number of nitrogens with one attached hydrogen (secondary N) is 1. The lowest BCUT2D eigenvalue weighted by atomic mass is 9.89. The number of halogens is 2. The van der Waals surface area contributed by atoms with Crippen LogP contribution in [0.15, 0.2) is 35.3 Å². The number of carbonyl (C=O) groups is 1. The van der Waals surface area contributed by atoms with E-state index in [0.29, 0.717) is 54.9 Å². The number of rotatable bonds is 7. The topological polar surface area (TPSA) is 63.2 Å². The molecule has 0 aromatic heterocycles. The molecule has 2 aliphatic rings. The summed E-state index contributed by atoms with van der Waals surface area (Å²) in [6.45, 7) is 2.82.